The highest BCUT2D eigenvalue weighted by Crippen LogP contribution is 2.40. The molecule has 1 saturated carbocycles. The molecule has 0 aliphatic heterocycles. The Morgan fingerprint density at radius 3 is 2.88 bits per heavy atom. The number of hydrogen-bond acceptors (Lipinski definition) is 4. The number of rotatable bonds is 5. The predicted octanol–water partition coefficient (Wildman–Crippen LogP) is 1.04. The SMILES string of the molecule is CCNC(C#N)(Cn1ccnc1C#N)C1CC1. The lowest BCUT2D eigenvalue weighted by Crippen LogP contribution is -2.49. The van der Waals surface area contributed by atoms with E-state index in [1.54, 1.807) is 17.0 Å². The van der Waals surface area contributed by atoms with E-state index in [0.717, 1.165) is 19.4 Å². The van der Waals surface area contributed by atoms with Crippen LogP contribution in [0.2, 0.25) is 0 Å². The zero-order chi connectivity index (χ0) is 12.3. The van der Waals surface area contributed by atoms with Gasteiger partial charge in [0, 0.05) is 12.4 Å². The monoisotopic (exact) mass is 229 g/mol. The van der Waals surface area contributed by atoms with Crippen LogP contribution in [0.3, 0.4) is 0 Å². The van der Waals surface area contributed by atoms with E-state index in [1.807, 2.05) is 13.0 Å². The summed E-state index contributed by atoms with van der Waals surface area (Å²) in [6, 6.07) is 4.44. The lowest BCUT2D eigenvalue weighted by Gasteiger charge is -2.28. The molecule has 2 rings (SSSR count). The molecule has 1 atom stereocenters. The second-order valence-corrected chi connectivity index (χ2v) is 4.38. The topological polar surface area (TPSA) is 77.4 Å². The Morgan fingerprint density at radius 2 is 2.35 bits per heavy atom. The molecule has 1 N–H and O–H groups in total. The molecule has 1 fully saturated rings. The van der Waals surface area contributed by atoms with Gasteiger partial charge in [-0.25, -0.2) is 4.98 Å². The zero-order valence-corrected chi connectivity index (χ0v) is 9.85. The zero-order valence-electron chi connectivity index (χ0n) is 9.85. The number of nitriles is 2. The van der Waals surface area contributed by atoms with Crippen LogP contribution < -0.4 is 5.32 Å². The van der Waals surface area contributed by atoms with E-state index in [0.29, 0.717) is 18.3 Å². The van der Waals surface area contributed by atoms with Crippen molar-refractivity contribution in [2.45, 2.75) is 31.8 Å². The summed E-state index contributed by atoms with van der Waals surface area (Å²) >= 11 is 0. The van der Waals surface area contributed by atoms with Gasteiger partial charge in [0.1, 0.15) is 11.6 Å². The molecule has 5 heteroatoms. The highest BCUT2D eigenvalue weighted by Gasteiger charge is 2.45. The van der Waals surface area contributed by atoms with E-state index in [1.165, 1.54) is 0 Å². The largest absolute Gasteiger partial charge is 0.320 e. The second kappa shape index (κ2) is 4.57. The minimum absolute atomic E-state index is 0.364. The van der Waals surface area contributed by atoms with Crippen molar-refractivity contribution in [3.63, 3.8) is 0 Å². The Kier molecular flexibility index (Phi) is 3.12. The normalized spacial score (nSPS) is 18.1. The number of imidazole rings is 1. The van der Waals surface area contributed by atoms with Crippen LogP contribution in [-0.2, 0) is 6.54 Å². The van der Waals surface area contributed by atoms with Gasteiger partial charge in [-0.1, -0.05) is 6.92 Å². The highest BCUT2D eigenvalue weighted by molar-refractivity contribution is 5.18. The number of hydrogen-bond donors (Lipinski definition) is 1. The maximum atomic E-state index is 9.45. The molecule has 88 valence electrons. The first-order valence-electron chi connectivity index (χ1n) is 5.83. The van der Waals surface area contributed by atoms with Crippen LogP contribution in [0, 0.1) is 28.6 Å². The maximum Gasteiger partial charge on any atom is 0.212 e. The molecule has 17 heavy (non-hydrogen) atoms. The van der Waals surface area contributed by atoms with Gasteiger partial charge in [-0.15, -0.1) is 0 Å². The molecular formula is C12H15N5. The molecule has 1 unspecified atom stereocenters. The molecule has 0 amide bonds. The summed E-state index contributed by atoms with van der Waals surface area (Å²) in [6.45, 7) is 3.24. The van der Waals surface area contributed by atoms with Crippen LogP contribution in [0.25, 0.3) is 0 Å². The number of aromatic nitrogens is 2. The first-order chi connectivity index (χ1) is 8.25. The first-order valence-corrected chi connectivity index (χ1v) is 5.83. The summed E-state index contributed by atoms with van der Waals surface area (Å²) in [5.41, 5.74) is -0.555. The summed E-state index contributed by atoms with van der Waals surface area (Å²) in [7, 11) is 0. The molecule has 0 bridgehead atoms. The predicted molar refractivity (Wildman–Crippen MR) is 61.7 cm³/mol. The molecule has 0 saturated heterocycles. The van der Waals surface area contributed by atoms with Gasteiger partial charge in [-0.05, 0) is 25.3 Å². The van der Waals surface area contributed by atoms with Crippen molar-refractivity contribution in [3.05, 3.63) is 18.2 Å². The Balaban J connectivity index is 2.24. The molecule has 0 spiro atoms. The Bertz CT molecular complexity index is 474. The Labute approximate surface area is 101 Å². The molecule has 1 aliphatic rings. The fourth-order valence-electron chi connectivity index (χ4n) is 2.21. The standard InChI is InChI=1S/C12H15N5/c1-2-16-12(8-14,10-3-4-10)9-17-6-5-15-11(17)7-13/h5-6,10,16H,2-4,9H2,1H3. The lowest BCUT2D eigenvalue weighted by molar-refractivity contribution is 0.323. The fourth-order valence-corrected chi connectivity index (χ4v) is 2.21. The van der Waals surface area contributed by atoms with Crippen molar-refractivity contribution in [2.24, 2.45) is 5.92 Å². The van der Waals surface area contributed by atoms with Crippen LogP contribution in [0.1, 0.15) is 25.6 Å². The third kappa shape index (κ3) is 2.15. The van der Waals surface area contributed by atoms with E-state index < -0.39 is 5.54 Å². The quantitative estimate of drug-likeness (QED) is 0.818. The van der Waals surface area contributed by atoms with Gasteiger partial charge < -0.3 is 4.57 Å². The summed E-state index contributed by atoms with van der Waals surface area (Å²) in [5, 5.41) is 21.7. The molecule has 0 radical (unpaired) electrons. The summed E-state index contributed by atoms with van der Waals surface area (Å²) < 4.78 is 1.75. The van der Waals surface area contributed by atoms with Crippen molar-refractivity contribution in [3.8, 4) is 12.1 Å². The van der Waals surface area contributed by atoms with Gasteiger partial charge in [0.25, 0.3) is 0 Å². The van der Waals surface area contributed by atoms with Crippen LogP contribution >= 0.6 is 0 Å². The summed E-state index contributed by atoms with van der Waals surface area (Å²) in [6.07, 6.45) is 5.51. The fraction of sp³-hybridized carbons (Fsp3) is 0.583. The van der Waals surface area contributed by atoms with E-state index in [4.69, 9.17) is 5.26 Å². The summed E-state index contributed by atoms with van der Waals surface area (Å²) in [4.78, 5) is 3.96. The molecule has 1 aromatic rings. The molecule has 5 nitrogen and oxygen atoms in total. The number of nitrogens with one attached hydrogen (secondary N) is 1. The summed E-state index contributed by atoms with van der Waals surface area (Å²) in [5.74, 6) is 0.754. The van der Waals surface area contributed by atoms with E-state index in [-0.39, 0.29) is 0 Å². The van der Waals surface area contributed by atoms with Gasteiger partial charge in [0.05, 0.1) is 12.6 Å². The molecule has 1 aliphatic carbocycles. The maximum absolute atomic E-state index is 9.45. The number of nitrogens with zero attached hydrogens (tertiary/aromatic N) is 4. The van der Waals surface area contributed by atoms with Crippen molar-refractivity contribution in [2.75, 3.05) is 6.54 Å². The minimum Gasteiger partial charge on any atom is -0.320 e. The van der Waals surface area contributed by atoms with Crippen LogP contribution in [-0.4, -0.2) is 21.6 Å². The van der Waals surface area contributed by atoms with E-state index >= 15 is 0 Å². The van der Waals surface area contributed by atoms with Crippen molar-refractivity contribution >= 4 is 0 Å². The van der Waals surface area contributed by atoms with Crippen molar-refractivity contribution in [1.29, 1.82) is 10.5 Å². The van der Waals surface area contributed by atoms with Crippen molar-refractivity contribution < 1.29 is 0 Å². The second-order valence-electron chi connectivity index (χ2n) is 4.38. The van der Waals surface area contributed by atoms with E-state index in [9.17, 15) is 5.26 Å². The smallest absolute Gasteiger partial charge is 0.212 e. The van der Waals surface area contributed by atoms with Crippen LogP contribution in [0.4, 0.5) is 0 Å². The molecular weight excluding hydrogens is 214 g/mol. The van der Waals surface area contributed by atoms with Crippen LogP contribution in [0.5, 0.6) is 0 Å². The first kappa shape index (κ1) is 11.6. The van der Waals surface area contributed by atoms with Crippen molar-refractivity contribution in [1.82, 2.24) is 14.9 Å². The molecule has 1 heterocycles. The Hall–Kier alpha value is -1.85. The minimum atomic E-state index is -0.555. The van der Waals surface area contributed by atoms with Gasteiger partial charge in [0.2, 0.25) is 5.82 Å². The lowest BCUT2D eigenvalue weighted by atomic mass is 9.94. The van der Waals surface area contributed by atoms with Gasteiger partial charge >= 0.3 is 0 Å². The van der Waals surface area contributed by atoms with Gasteiger partial charge in [-0.3, -0.25) is 5.32 Å². The van der Waals surface area contributed by atoms with Crippen LogP contribution in [0.15, 0.2) is 12.4 Å². The molecule has 1 aromatic heterocycles. The average Bonchev–Trinajstić information content (AvgIpc) is 3.10. The number of likely N-dealkylation sites (N-methyl/N-ethyl adjacent to an activating group) is 1. The third-order valence-corrected chi connectivity index (χ3v) is 3.20. The third-order valence-electron chi connectivity index (χ3n) is 3.20. The van der Waals surface area contributed by atoms with E-state index in [2.05, 4.69) is 16.4 Å². The average molecular weight is 229 g/mol. The van der Waals surface area contributed by atoms with Gasteiger partial charge in [-0.2, -0.15) is 10.5 Å². The Morgan fingerprint density at radius 1 is 1.59 bits per heavy atom. The highest BCUT2D eigenvalue weighted by atomic mass is 15.1. The van der Waals surface area contributed by atoms with Gasteiger partial charge in [0.15, 0.2) is 0 Å². The molecule has 0 aromatic carbocycles.